The van der Waals surface area contributed by atoms with Gasteiger partial charge in [0.15, 0.2) is 0 Å². The Labute approximate surface area is 78.2 Å². The molecule has 3 rings (SSSR count). The Morgan fingerprint density at radius 1 is 1.21 bits per heavy atom. The van der Waals surface area contributed by atoms with Crippen LogP contribution in [0.1, 0.15) is 0 Å². The monoisotopic (exact) mass is 187 g/mol. The van der Waals surface area contributed by atoms with Gasteiger partial charge in [-0.25, -0.2) is 4.98 Å². The van der Waals surface area contributed by atoms with E-state index in [2.05, 4.69) is 30.6 Å². The Kier molecular flexibility index (Phi) is 1.32. The minimum atomic E-state index is 0.447. The number of hydrogen-bond donors (Lipinski definition) is 1. The molecule has 0 aromatic carbocycles. The van der Waals surface area contributed by atoms with Crippen molar-refractivity contribution >= 4 is 0 Å². The lowest BCUT2D eigenvalue weighted by atomic mass is 10.3. The zero-order chi connectivity index (χ0) is 9.38. The molecule has 0 bridgehead atoms. The van der Waals surface area contributed by atoms with Gasteiger partial charge in [0, 0.05) is 12.4 Å². The third kappa shape index (κ3) is 0.954. The van der Waals surface area contributed by atoms with Crippen LogP contribution in [0, 0.1) is 0 Å². The van der Waals surface area contributed by atoms with Crippen LogP contribution in [0.4, 0.5) is 0 Å². The standard InChI is InChI=1S/C7H5N7/c1-2-8-6-3-14(4-9-5(1)6)7-10-12-13-11-7/h1-4H,(H,10,11,12,13). The van der Waals surface area contributed by atoms with Crippen LogP contribution in [0.3, 0.4) is 0 Å². The number of fused-ring (bicyclic) bond motifs is 1. The number of H-pyrrole nitrogens is 1. The number of hydrogen-bond acceptors (Lipinski definition) is 5. The van der Waals surface area contributed by atoms with Gasteiger partial charge in [0.1, 0.15) is 12.0 Å². The zero-order valence-electron chi connectivity index (χ0n) is 6.99. The van der Waals surface area contributed by atoms with E-state index in [1.54, 1.807) is 23.3 Å². The van der Waals surface area contributed by atoms with Gasteiger partial charge in [-0.2, -0.15) is 5.21 Å². The van der Waals surface area contributed by atoms with Gasteiger partial charge in [-0.1, -0.05) is 5.10 Å². The topological polar surface area (TPSA) is 85.2 Å². The second-order valence-electron chi connectivity index (χ2n) is 2.71. The fourth-order valence-electron chi connectivity index (χ4n) is 1.21. The van der Waals surface area contributed by atoms with Crippen LogP contribution in [0.2, 0.25) is 0 Å². The molecule has 7 heteroatoms. The highest BCUT2D eigenvalue weighted by Crippen LogP contribution is 2.15. The van der Waals surface area contributed by atoms with Crippen molar-refractivity contribution in [2.24, 2.45) is 0 Å². The lowest BCUT2D eigenvalue weighted by Crippen LogP contribution is -2.00. The molecule has 0 radical (unpaired) electrons. The minimum absolute atomic E-state index is 0.447. The van der Waals surface area contributed by atoms with Crippen LogP contribution >= 0.6 is 0 Å². The first-order valence-corrected chi connectivity index (χ1v) is 3.96. The number of nitrogens with zero attached hydrogens (tertiary/aromatic N) is 6. The highest BCUT2D eigenvalue weighted by Gasteiger charge is 2.07. The summed E-state index contributed by atoms with van der Waals surface area (Å²) in [5.41, 5.74) is 1.65. The molecule has 3 heterocycles. The van der Waals surface area contributed by atoms with E-state index >= 15 is 0 Å². The third-order valence-electron chi connectivity index (χ3n) is 1.86. The third-order valence-corrected chi connectivity index (χ3v) is 1.86. The minimum Gasteiger partial charge on any atom is -0.271 e. The molecule has 14 heavy (non-hydrogen) atoms. The van der Waals surface area contributed by atoms with Crippen molar-refractivity contribution in [3.05, 3.63) is 24.8 Å². The van der Waals surface area contributed by atoms with Gasteiger partial charge in [0.25, 0.3) is 5.95 Å². The number of aromatic amines is 1. The van der Waals surface area contributed by atoms with Gasteiger partial charge in [-0.15, -0.1) is 5.10 Å². The fourth-order valence-corrected chi connectivity index (χ4v) is 1.21. The maximum absolute atomic E-state index is 4.18. The molecule has 7 nitrogen and oxygen atoms in total. The van der Waals surface area contributed by atoms with E-state index in [1.165, 1.54) is 0 Å². The molecule has 0 unspecified atom stereocenters. The molecular weight excluding hydrogens is 182 g/mol. The number of tetrazole rings is 1. The second kappa shape index (κ2) is 2.59. The summed E-state index contributed by atoms with van der Waals surface area (Å²) in [4.78, 5) is 8.30. The van der Waals surface area contributed by atoms with Crippen LogP contribution in [-0.2, 0) is 0 Å². The van der Waals surface area contributed by atoms with Crippen LogP contribution in [0.25, 0.3) is 17.3 Å². The van der Waals surface area contributed by atoms with Gasteiger partial charge in [0.2, 0.25) is 0 Å². The normalized spacial score (nSPS) is 10.9. The summed E-state index contributed by atoms with van der Waals surface area (Å²) in [6.45, 7) is 0. The Balaban J connectivity index is 2.20. The Bertz CT molecular complexity index is 511. The maximum Gasteiger partial charge on any atom is 0.275 e. The summed E-state index contributed by atoms with van der Waals surface area (Å²) < 4.78 is 1.65. The van der Waals surface area contributed by atoms with Crippen molar-refractivity contribution in [2.75, 3.05) is 0 Å². The average molecular weight is 187 g/mol. The van der Waals surface area contributed by atoms with Crippen molar-refractivity contribution < 1.29 is 0 Å². The molecule has 0 saturated heterocycles. The van der Waals surface area contributed by atoms with Crippen LogP contribution in [-0.4, -0.2) is 35.2 Å². The molecule has 2 aliphatic rings. The first kappa shape index (κ1) is 7.13. The van der Waals surface area contributed by atoms with Gasteiger partial charge < -0.3 is 0 Å². The first-order chi connectivity index (χ1) is 6.93. The molecule has 2 aliphatic heterocycles. The molecule has 0 spiro atoms. The first-order valence-electron chi connectivity index (χ1n) is 3.96. The molecule has 0 fully saturated rings. The van der Waals surface area contributed by atoms with Crippen LogP contribution in [0.15, 0.2) is 24.8 Å². The molecule has 0 amide bonds. The second-order valence-corrected chi connectivity index (χ2v) is 2.71. The number of nitrogens with one attached hydrogen (secondary N) is 1. The number of rotatable bonds is 1. The summed E-state index contributed by atoms with van der Waals surface area (Å²) in [5.74, 6) is 0.447. The lowest BCUT2D eigenvalue weighted by Gasteiger charge is -2.01. The highest BCUT2D eigenvalue weighted by molar-refractivity contribution is 5.54. The summed E-state index contributed by atoms with van der Waals surface area (Å²) in [5, 5.41) is 13.5. The van der Waals surface area contributed by atoms with Gasteiger partial charge in [-0.3, -0.25) is 9.55 Å². The lowest BCUT2D eigenvalue weighted by molar-refractivity contribution is 0.881. The predicted octanol–water partition coefficient (Wildman–Crippen LogP) is -0.115. The molecule has 1 N–H and O–H groups in total. The van der Waals surface area contributed by atoms with Gasteiger partial charge >= 0.3 is 0 Å². The van der Waals surface area contributed by atoms with E-state index in [0.29, 0.717) is 5.95 Å². The highest BCUT2D eigenvalue weighted by atomic mass is 15.5. The summed E-state index contributed by atoms with van der Waals surface area (Å²) >= 11 is 0. The largest absolute Gasteiger partial charge is 0.275 e. The van der Waals surface area contributed by atoms with Crippen molar-refractivity contribution in [2.45, 2.75) is 0 Å². The fraction of sp³-hybridized carbons (Fsp3) is 0. The average Bonchev–Trinajstić information content (AvgIpc) is 2.88. The molecule has 1 aromatic heterocycles. The summed E-state index contributed by atoms with van der Waals surface area (Å²) in [6.07, 6.45) is 5.13. The zero-order valence-corrected chi connectivity index (χ0v) is 6.99. The quantitative estimate of drug-likeness (QED) is 0.574. The summed E-state index contributed by atoms with van der Waals surface area (Å²) in [6, 6.07) is 1.84. The predicted molar refractivity (Wildman–Crippen MR) is 45.7 cm³/mol. The summed E-state index contributed by atoms with van der Waals surface area (Å²) in [7, 11) is 0. The van der Waals surface area contributed by atoms with Crippen molar-refractivity contribution in [3.8, 4) is 17.3 Å². The van der Waals surface area contributed by atoms with Crippen molar-refractivity contribution in [1.29, 1.82) is 0 Å². The molecule has 0 aliphatic carbocycles. The maximum atomic E-state index is 4.18. The van der Waals surface area contributed by atoms with E-state index in [-0.39, 0.29) is 0 Å². The SMILES string of the molecule is c1cc2ncn(-c3nn[nH]n3)cc-2n1. The molecule has 1 aromatic rings. The van der Waals surface area contributed by atoms with E-state index < -0.39 is 0 Å². The molecular formula is C7H5N7. The van der Waals surface area contributed by atoms with E-state index in [4.69, 9.17) is 0 Å². The van der Waals surface area contributed by atoms with Crippen molar-refractivity contribution in [1.82, 2.24) is 35.2 Å². The van der Waals surface area contributed by atoms with E-state index in [0.717, 1.165) is 11.4 Å². The van der Waals surface area contributed by atoms with E-state index in [1.807, 2.05) is 6.07 Å². The van der Waals surface area contributed by atoms with Crippen LogP contribution in [0.5, 0.6) is 0 Å². The Morgan fingerprint density at radius 3 is 3.07 bits per heavy atom. The smallest absolute Gasteiger partial charge is 0.271 e. The van der Waals surface area contributed by atoms with Gasteiger partial charge in [0.05, 0.1) is 5.69 Å². The molecule has 0 saturated carbocycles. The Morgan fingerprint density at radius 2 is 2.21 bits per heavy atom. The van der Waals surface area contributed by atoms with Crippen LogP contribution < -0.4 is 0 Å². The number of aromatic nitrogens is 7. The molecule has 0 atom stereocenters. The van der Waals surface area contributed by atoms with E-state index in [9.17, 15) is 0 Å². The van der Waals surface area contributed by atoms with Gasteiger partial charge in [-0.05, 0) is 11.3 Å². The van der Waals surface area contributed by atoms with Crippen molar-refractivity contribution in [3.63, 3.8) is 0 Å². The molecule has 68 valence electrons. The Hall–Kier alpha value is -2.31.